The predicted molar refractivity (Wildman–Crippen MR) is 75.5 cm³/mol. The Labute approximate surface area is 117 Å². The highest BCUT2D eigenvalue weighted by atomic mass is 35.5. The van der Waals surface area contributed by atoms with Gasteiger partial charge in [-0.25, -0.2) is 4.79 Å². The Morgan fingerprint density at radius 2 is 2.11 bits per heavy atom. The third kappa shape index (κ3) is 4.89. The van der Waals surface area contributed by atoms with Crippen LogP contribution in [0.2, 0.25) is 5.02 Å². The highest BCUT2D eigenvalue weighted by molar-refractivity contribution is 6.31. The smallest absolute Gasteiger partial charge is 0.413 e. The van der Waals surface area contributed by atoms with Gasteiger partial charge in [-0.3, -0.25) is 10.7 Å². The molecule has 6 heteroatoms. The van der Waals surface area contributed by atoms with Crippen LogP contribution in [0.25, 0.3) is 0 Å². The number of alkyl carbamates (subject to hydrolysis) is 1. The van der Waals surface area contributed by atoms with Crippen LogP contribution in [0, 0.1) is 5.41 Å². The number of nitrogens with one attached hydrogen (secondary N) is 2. The number of carbonyl (C=O) groups is 1. The molecule has 0 aliphatic rings. The van der Waals surface area contributed by atoms with Gasteiger partial charge in [0, 0.05) is 17.1 Å². The number of amides is 1. The molecule has 0 bridgehead atoms. The van der Waals surface area contributed by atoms with Gasteiger partial charge in [-0.1, -0.05) is 23.7 Å². The van der Waals surface area contributed by atoms with Crippen molar-refractivity contribution in [3.05, 3.63) is 34.3 Å². The number of hydrogen-bond acceptors (Lipinski definition) is 4. The van der Waals surface area contributed by atoms with E-state index in [2.05, 4.69) is 5.32 Å². The Hall–Kier alpha value is -1.59. The van der Waals surface area contributed by atoms with E-state index in [1.54, 1.807) is 39.0 Å². The Morgan fingerprint density at radius 1 is 1.47 bits per heavy atom. The van der Waals surface area contributed by atoms with E-state index in [-0.39, 0.29) is 5.84 Å². The van der Waals surface area contributed by atoms with Crippen LogP contribution in [-0.4, -0.2) is 17.5 Å². The lowest BCUT2D eigenvalue weighted by Gasteiger charge is -2.19. The van der Waals surface area contributed by atoms with Crippen LogP contribution in [-0.2, 0) is 11.3 Å². The van der Waals surface area contributed by atoms with Crippen LogP contribution >= 0.6 is 11.6 Å². The van der Waals surface area contributed by atoms with Gasteiger partial charge >= 0.3 is 6.09 Å². The molecule has 104 valence electrons. The maximum absolute atomic E-state index is 11.5. The quantitative estimate of drug-likeness (QED) is 0.576. The molecule has 0 saturated heterocycles. The van der Waals surface area contributed by atoms with E-state index < -0.39 is 11.7 Å². The van der Waals surface area contributed by atoms with Crippen molar-refractivity contribution in [1.29, 1.82) is 5.41 Å². The molecule has 0 radical (unpaired) electrons. The molecule has 4 N–H and O–H groups in total. The van der Waals surface area contributed by atoms with Crippen molar-refractivity contribution in [2.24, 2.45) is 5.73 Å². The summed E-state index contributed by atoms with van der Waals surface area (Å²) in [5.41, 5.74) is 6.17. The van der Waals surface area contributed by atoms with Crippen LogP contribution in [0.1, 0.15) is 31.9 Å². The third-order valence-electron chi connectivity index (χ3n) is 2.19. The molecular formula is C13H18ClN3O2. The van der Waals surface area contributed by atoms with E-state index >= 15 is 0 Å². The molecule has 1 aromatic carbocycles. The second-order valence-corrected chi connectivity index (χ2v) is 5.42. The summed E-state index contributed by atoms with van der Waals surface area (Å²) in [5.74, 6) is -0.0697. The monoisotopic (exact) mass is 283 g/mol. The van der Waals surface area contributed by atoms with E-state index in [4.69, 9.17) is 27.5 Å². The van der Waals surface area contributed by atoms with Gasteiger partial charge < -0.3 is 10.5 Å². The van der Waals surface area contributed by atoms with Crippen molar-refractivity contribution in [2.45, 2.75) is 32.9 Å². The molecule has 1 rings (SSSR count). The number of halogens is 1. The molecule has 0 atom stereocenters. The molecule has 0 aromatic heterocycles. The first kappa shape index (κ1) is 15.5. The van der Waals surface area contributed by atoms with Gasteiger partial charge in [-0.15, -0.1) is 0 Å². The summed E-state index contributed by atoms with van der Waals surface area (Å²) in [6.07, 6.45) is -0.670. The average Bonchev–Trinajstić information content (AvgIpc) is 2.26. The zero-order valence-electron chi connectivity index (χ0n) is 11.2. The number of hydrogen-bond donors (Lipinski definition) is 3. The Kier molecular flexibility index (Phi) is 4.91. The fourth-order valence-electron chi connectivity index (χ4n) is 1.35. The van der Waals surface area contributed by atoms with Crippen molar-refractivity contribution < 1.29 is 9.53 Å². The summed E-state index contributed by atoms with van der Waals surface area (Å²) >= 11 is 6.00. The summed E-state index contributed by atoms with van der Waals surface area (Å²) in [4.78, 5) is 11.5. The number of amidine groups is 1. The van der Waals surface area contributed by atoms with E-state index in [0.29, 0.717) is 17.1 Å². The van der Waals surface area contributed by atoms with Crippen molar-refractivity contribution in [3.63, 3.8) is 0 Å². The van der Waals surface area contributed by atoms with Gasteiger partial charge in [0.05, 0.1) is 0 Å². The standard InChI is InChI=1S/C13H18ClN3O2/c1-13(2,3)19-12(18)17-11(16)8-4-5-9(7-15)10(14)6-8/h4-6H,7,15H2,1-3H3,(H2,16,17,18). The highest BCUT2D eigenvalue weighted by Crippen LogP contribution is 2.17. The minimum Gasteiger partial charge on any atom is -0.444 e. The first-order chi connectivity index (χ1) is 8.73. The SMILES string of the molecule is CC(C)(C)OC(=O)NC(=N)c1ccc(CN)c(Cl)c1. The number of nitrogens with two attached hydrogens (primary N) is 1. The summed E-state index contributed by atoms with van der Waals surface area (Å²) in [6.45, 7) is 5.58. The van der Waals surface area contributed by atoms with Crippen LogP contribution in [0.15, 0.2) is 18.2 Å². The Balaban J connectivity index is 2.74. The summed E-state index contributed by atoms with van der Waals surface area (Å²) in [6, 6.07) is 4.99. The molecule has 5 nitrogen and oxygen atoms in total. The molecule has 1 aromatic rings. The minimum absolute atomic E-state index is 0.0697. The normalized spacial score (nSPS) is 11.0. The molecule has 0 fully saturated rings. The second kappa shape index (κ2) is 6.04. The number of rotatable bonds is 2. The topological polar surface area (TPSA) is 88.2 Å². The molecule has 0 aliphatic carbocycles. The maximum atomic E-state index is 11.5. The maximum Gasteiger partial charge on any atom is 0.413 e. The van der Waals surface area contributed by atoms with Gasteiger partial charge in [-0.05, 0) is 32.4 Å². The molecule has 0 unspecified atom stereocenters. The number of ether oxygens (including phenoxy) is 1. The van der Waals surface area contributed by atoms with Gasteiger partial charge in [-0.2, -0.15) is 0 Å². The van der Waals surface area contributed by atoms with Crippen LogP contribution < -0.4 is 11.1 Å². The number of benzene rings is 1. The molecule has 0 saturated carbocycles. The fraction of sp³-hybridized carbons (Fsp3) is 0.385. The average molecular weight is 284 g/mol. The zero-order chi connectivity index (χ0) is 14.6. The summed E-state index contributed by atoms with van der Waals surface area (Å²) < 4.78 is 5.06. The molecule has 0 spiro atoms. The number of carbonyl (C=O) groups excluding carboxylic acids is 1. The van der Waals surface area contributed by atoms with Crippen molar-refractivity contribution >= 4 is 23.5 Å². The van der Waals surface area contributed by atoms with Crippen molar-refractivity contribution in [2.75, 3.05) is 0 Å². The van der Waals surface area contributed by atoms with Crippen LogP contribution in [0.5, 0.6) is 0 Å². The molecule has 0 aliphatic heterocycles. The largest absolute Gasteiger partial charge is 0.444 e. The second-order valence-electron chi connectivity index (χ2n) is 5.01. The summed E-state index contributed by atoms with van der Waals surface area (Å²) in [5, 5.41) is 10.6. The zero-order valence-corrected chi connectivity index (χ0v) is 12.0. The van der Waals surface area contributed by atoms with Crippen molar-refractivity contribution in [3.8, 4) is 0 Å². The summed E-state index contributed by atoms with van der Waals surface area (Å²) in [7, 11) is 0. The molecular weight excluding hydrogens is 266 g/mol. The fourth-order valence-corrected chi connectivity index (χ4v) is 1.60. The Morgan fingerprint density at radius 3 is 2.58 bits per heavy atom. The van der Waals surface area contributed by atoms with E-state index in [0.717, 1.165) is 5.56 Å². The van der Waals surface area contributed by atoms with E-state index in [9.17, 15) is 4.79 Å². The molecule has 1 amide bonds. The van der Waals surface area contributed by atoms with Crippen LogP contribution in [0.4, 0.5) is 4.79 Å². The first-order valence-corrected chi connectivity index (χ1v) is 6.18. The van der Waals surface area contributed by atoms with Crippen molar-refractivity contribution in [1.82, 2.24) is 5.32 Å². The van der Waals surface area contributed by atoms with Gasteiger partial charge in [0.25, 0.3) is 0 Å². The van der Waals surface area contributed by atoms with E-state index in [1.807, 2.05) is 0 Å². The predicted octanol–water partition coefficient (Wildman–Crippen LogP) is 2.65. The van der Waals surface area contributed by atoms with Crippen LogP contribution in [0.3, 0.4) is 0 Å². The van der Waals surface area contributed by atoms with Gasteiger partial charge in [0.1, 0.15) is 11.4 Å². The Bertz CT molecular complexity index is 495. The lowest BCUT2D eigenvalue weighted by molar-refractivity contribution is 0.0563. The lowest BCUT2D eigenvalue weighted by Crippen LogP contribution is -2.36. The highest BCUT2D eigenvalue weighted by Gasteiger charge is 2.17. The van der Waals surface area contributed by atoms with E-state index in [1.165, 1.54) is 0 Å². The van der Waals surface area contributed by atoms with Gasteiger partial charge in [0.2, 0.25) is 0 Å². The third-order valence-corrected chi connectivity index (χ3v) is 2.54. The minimum atomic E-state index is -0.670. The lowest BCUT2D eigenvalue weighted by atomic mass is 10.1. The molecule has 19 heavy (non-hydrogen) atoms. The van der Waals surface area contributed by atoms with Gasteiger partial charge in [0.15, 0.2) is 0 Å². The molecule has 0 heterocycles. The first-order valence-electron chi connectivity index (χ1n) is 5.80.